The first kappa shape index (κ1) is 14.8. The number of thiazole rings is 1. The molecular formula is C20H17N3S. The Morgan fingerprint density at radius 1 is 0.958 bits per heavy atom. The van der Waals surface area contributed by atoms with E-state index in [1.54, 1.807) is 11.3 Å². The predicted octanol–water partition coefficient (Wildman–Crippen LogP) is 5.28. The van der Waals surface area contributed by atoms with Gasteiger partial charge in [0.1, 0.15) is 0 Å². The standard InChI is InChI=1S/C20H17N3S/c1-14-3-2-4-15(11-14)13-22-20-23-18-6-5-17(12-19(18)24-20)16-7-9-21-10-8-16/h2-12H,13H2,1H3,(H,22,23). The summed E-state index contributed by atoms with van der Waals surface area (Å²) in [5, 5.41) is 4.39. The maximum atomic E-state index is 4.68. The summed E-state index contributed by atoms with van der Waals surface area (Å²) in [6, 6.07) is 19.0. The van der Waals surface area contributed by atoms with E-state index < -0.39 is 0 Å². The number of hydrogen-bond acceptors (Lipinski definition) is 4. The Bertz CT molecular complexity index is 977. The van der Waals surface area contributed by atoms with E-state index in [2.05, 4.69) is 64.7 Å². The molecule has 2 aromatic carbocycles. The first-order valence-electron chi connectivity index (χ1n) is 7.88. The van der Waals surface area contributed by atoms with Gasteiger partial charge in [-0.25, -0.2) is 4.98 Å². The molecular weight excluding hydrogens is 314 g/mol. The third-order valence-electron chi connectivity index (χ3n) is 3.93. The highest BCUT2D eigenvalue weighted by atomic mass is 32.1. The number of benzene rings is 2. The maximum absolute atomic E-state index is 4.68. The summed E-state index contributed by atoms with van der Waals surface area (Å²) in [5.74, 6) is 0. The van der Waals surface area contributed by atoms with Crippen molar-refractivity contribution < 1.29 is 0 Å². The van der Waals surface area contributed by atoms with Gasteiger partial charge in [0.2, 0.25) is 0 Å². The summed E-state index contributed by atoms with van der Waals surface area (Å²) in [7, 11) is 0. The van der Waals surface area contributed by atoms with Gasteiger partial charge in [0, 0.05) is 18.9 Å². The molecule has 4 aromatic rings. The number of hydrogen-bond donors (Lipinski definition) is 1. The SMILES string of the molecule is Cc1cccc(CNc2nc3ccc(-c4ccncc4)cc3s2)c1. The van der Waals surface area contributed by atoms with Crippen LogP contribution < -0.4 is 5.32 Å². The lowest BCUT2D eigenvalue weighted by Crippen LogP contribution is -1.98. The molecule has 0 atom stereocenters. The van der Waals surface area contributed by atoms with Crippen LogP contribution in [0.25, 0.3) is 21.3 Å². The average Bonchev–Trinajstić information content (AvgIpc) is 3.03. The van der Waals surface area contributed by atoms with Crippen LogP contribution in [0.5, 0.6) is 0 Å². The van der Waals surface area contributed by atoms with Gasteiger partial charge in [0.05, 0.1) is 10.2 Å². The zero-order valence-corrected chi connectivity index (χ0v) is 14.2. The van der Waals surface area contributed by atoms with Crippen molar-refractivity contribution in [3.63, 3.8) is 0 Å². The Morgan fingerprint density at radius 3 is 2.67 bits per heavy atom. The smallest absolute Gasteiger partial charge is 0.184 e. The number of rotatable bonds is 4. The van der Waals surface area contributed by atoms with Crippen LogP contribution >= 0.6 is 11.3 Å². The van der Waals surface area contributed by atoms with Crippen LogP contribution in [-0.2, 0) is 6.54 Å². The molecule has 0 aliphatic carbocycles. The number of nitrogens with one attached hydrogen (secondary N) is 1. The van der Waals surface area contributed by atoms with Crippen LogP contribution in [0.15, 0.2) is 67.0 Å². The van der Waals surface area contributed by atoms with Crippen molar-refractivity contribution in [1.82, 2.24) is 9.97 Å². The number of pyridine rings is 1. The lowest BCUT2D eigenvalue weighted by molar-refractivity contribution is 1.13. The zero-order chi connectivity index (χ0) is 16.4. The quantitative estimate of drug-likeness (QED) is 0.553. The number of aryl methyl sites for hydroxylation is 1. The largest absolute Gasteiger partial charge is 0.357 e. The maximum Gasteiger partial charge on any atom is 0.184 e. The van der Waals surface area contributed by atoms with Crippen molar-refractivity contribution in [3.05, 3.63) is 78.1 Å². The lowest BCUT2D eigenvalue weighted by atomic mass is 10.1. The van der Waals surface area contributed by atoms with Crippen molar-refractivity contribution in [1.29, 1.82) is 0 Å². The number of fused-ring (bicyclic) bond motifs is 1. The van der Waals surface area contributed by atoms with Gasteiger partial charge in [-0.3, -0.25) is 4.98 Å². The minimum atomic E-state index is 0.790. The van der Waals surface area contributed by atoms with Crippen molar-refractivity contribution in [2.24, 2.45) is 0 Å². The molecule has 0 aliphatic rings. The lowest BCUT2D eigenvalue weighted by Gasteiger charge is -2.03. The minimum absolute atomic E-state index is 0.790. The summed E-state index contributed by atoms with van der Waals surface area (Å²) < 4.78 is 1.19. The van der Waals surface area contributed by atoms with Crippen molar-refractivity contribution in [3.8, 4) is 11.1 Å². The molecule has 0 bridgehead atoms. The molecule has 0 amide bonds. The summed E-state index contributed by atoms with van der Waals surface area (Å²) in [6.07, 6.45) is 3.64. The molecule has 3 nitrogen and oxygen atoms in total. The highest BCUT2D eigenvalue weighted by Crippen LogP contribution is 2.30. The third-order valence-corrected chi connectivity index (χ3v) is 4.90. The molecule has 2 heterocycles. The fourth-order valence-corrected chi connectivity index (χ4v) is 3.62. The monoisotopic (exact) mass is 331 g/mol. The second-order valence-electron chi connectivity index (χ2n) is 5.78. The molecule has 0 saturated carbocycles. The molecule has 0 unspecified atom stereocenters. The predicted molar refractivity (Wildman–Crippen MR) is 101 cm³/mol. The van der Waals surface area contributed by atoms with E-state index in [1.165, 1.54) is 27.0 Å². The number of aromatic nitrogens is 2. The molecule has 4 heteroatoms. The van der Waals surface area contributed by atoms with Gasteiger partial charge < -0.3 is 5.32 Å². The van der Waals surface area contributed by atoms with Gasteiger partial charge in [-0.1, -0.05) is 47.2 Å². The zero-order valence-electron chi connectivity index (χ0n) is 13.4. The highest BCUT2D eigenvalue weighted by Gasteiger charge is 2.06. The van der Waals surface area contributed by atoms with Crippen molar-refractivity contribution in [2.45, 2.75) is 13.5 Å². The Balaban J connectivity index is 1.57. The van der Waals surface area contributed by atoms with Gasteiger partial charge in [0.15, 0.2) is 5.13 Å². The minimum Gasteiger partial charge on any atom is -0.357 e. The van der Waals surface area contributed by atoms with Gasteiger partial charge in [-0.05, 0) is 47.9 Å². The van der Waals surface area contributed by atoms with Crippen LogP contribution in [0.4, 0.5) is 5.13 Å². The van der Waals surface area contributed by atoms with E-state index in [0.717, 1.165) is 17.2 Å². The van der Waals surface area contributed by atoms with E-state index >= 15 is 0 Å². The summed E-state index contributed by atoms with van der Waals surface area (Å²) >= 11 is 1.69. The van der Waals surface area contributed by atoms with E-state index in [9.17, 15) is 0 Å². The van der Waals surface area contributed by atoms with Gasteiger partial charge in [0.25, 0.3) is 0 Å². The second kappa shape index (κ2) is 6.42. The summed E-state index contributed by atoms with van der Waals surface area (Å²) in [6.45, 7) is 2.90. The molecule has 0 saturated heterocycles. The van der Waals surface area contributed by atoms with Crippen molar-refractivity contribution in [2.75, 3.05) is 5.32 Å². The van der Waals surface area contributed by atoms with E-state index in [1.807, 2.05) is 24.5 Å². The number of anilines is 1. The Labute approximate surface area is 145 Å². The molecule has 0 radical (unpaired) electrons. The van der Waals surface area contributed by atoms with Crippen LogP contribution in [0.1, 0.15) is 11.1 Å². The van der Waals surface area contributed by atoms with Crippen LogP contribution in [0.2, 0.25) is 0 Å². The van der Waals surface area contributed by atoms with Gasteiger partial charge in [-0.15, -0.1) is 0 Å². The Morgan fingerprint density at radius 2 is 1.83 bits per heavy atom. The fraction of sp³-hybridized carbons (Fsp3) is 0.100. The van der Waals surface area contributed by atoms with Crippen LogP contribution in [-0.4, -0.2) is 9.97 Å². The molecule has 2 aromatic heterocycles. The van der Waals surface area contributed by atoms with E-state index in [0.29, 0.717) is 0 Å². The first-order chi connectivity index (χ1) is 11.8. The average molecular weight is 331 g/mol. The molecule has 4 rings (SSSR count). The van der Waals surface area contributed by atoms with E-state index in [-0.39, 0.29) is 0 Å². The highest BCUT2D eigenvalue weighted by molar-refractivity contribution is 7.22. The van der Waals surface area contributed by atoms with Crippen molar-refractivity contribution >= 4 is 26.7 Å². The fourth-order valence-electron chi connectivity index (χ4n) is 2.72. The molecule has 24 heavy (non-hydrogen) atoms. The molecule has 1 N–H and O–H groups in total. The normalized spacial score (nSPS) is 10.9. The molecule has 118 valence electrons. The molecule has 0 fully saturated rings. The van der Waals surface area contributed by atoms with Gasteiger partial charge in [-0.2, -0.15) is 0 Å². The first-order valence-corrected chi connectivity index (χ1v) is 8.70. The third kappa shape index (κ3) is 3.14. The topological polar surface area (TPSA) is 37.8 Å². The van der Waals surface area contributed by atoms with Gasteiger partial charge >= 0.3 is 0 Å². The second-order valence-corrected chi connectivity index (χ2v) is 6.81. The molecule has 0 spiro atoms. The Hall–Kier alpha value is -2.72. The molecule has 0 aliphatic heterocycles. The van der Waals surface area contributed by atoms with E-state index in [4.69, 9.17) is 0 Å². The van der Waals surface area contributed by atoms with Crippen LogP contribution in [0, 0.1) is 6.92 Å². The summed E-state index contributed by atoms with van der Waals surface area (Å²) in [5.41, 5.74) is 5.95. The number of nitrogens with zero attached hydrogens (tertiary/aromatic N) is 2. The Kier molecular flexibility index (Phi) is 3.97. The summed E-state index contributed by atoms with van der Waals surface area (Å²) in [4.78, 5) is 8.76. The van der Waals surface area contributed by atoms with Crippen LogP contribution in [0.3, 0.4) is 0 Å².